The summed E-state index contributed by atoms with van der Waals surface area (Å²) in [4.78, 5) is 56.4. The Bertz CT molecular complexity index is 1160. The lowest BCUT2D eigenvalue weighted by Gasteiger charge is -2.30. The van der Waals surface area contributed by atoms with Crippen LogP contribution in [0.25, 0.3) is 11.3 Å². The molecule has 9 heteroatoms. The van der Waals surface area contributed by atoms with Crippen molar-refractivity contribution in [2.45, 2.75) is 58.0 Å². The first-order valence-electron chi connectivity index (χ1n) is 11.3. The number of likely N-dealkylation sites (tertiary alicyclic amines) is 1. The van der Waals surface area contributed by atoms with Crippen LogP contribution in [0.2, 0.25) is 0 Å². The lowest BCUT2D eigenvalue weighted by Crippen LogP contribution is -2.52. The van der Waals surface area contributed by atoms with Gasteiger partial charge in [-0.2, -0.15) is 0 Å². The van der Waals surface area contributed by atoms with E-state index in [0.29, 0.717) is 37.5 Å². The molecule has 3 aliphatic rings. The molecule has 3 aliphatic heterocycles. The fourth-order valence-corrected chi connectivity index (χ4v) is 5.10. The molecule has 0 spiro atoms. The van der Waals surface area contributed by atoms with Crippen LogP contribution >= 0.6 is 0 Å². The number of rotatable bonds is 3. The van der Waals surface area contributed by atoms with E-state index < -0.39 is 11.9 Å². The molecular weight excluding hydrogens is 424 g/mol. The van der Waals surface area contributed by atoms with E-state index in [1.165, 1.54) is 0 Å². The van der Waals surface area contributed by atoms with Gasteiger partial charge in [-0.25, -0.2) is 4.98 Å². The van der Waals surface area contributed by atoms with Gasteiger partial charge in [-0.1, -0.05) is 6.07 Å². The van der Waals surface area contributed by atoms with Crippen molar-refractivity contribution in [3.63, 3.8) is 0 Å². The van der Waals surface area contributed by atoms with Gasteiger partial charge in [0.2, 0.25) is 17.7 Å². The number of oxazole rings is 1. The maximum atomic E-state index is 13.0. The standard InChI is InChI=1S/C24H26N4O5/c1-13-25-21(22(33-13)15-7-9-27(10-8-15)14(2)29)16-3-4-18-17(11-16)12-28(24(18)32)19-5-6-20(30)26-23(19)31/h3-4,11,15,19H,5-10,12H2,1-2H3,(H,26,30,31). The van der Waals surface area contributed by atoms with Gasteiger partial charge >= 0.3 is 0 Å². The van der Waals surface area contributed by atoms with Gasteiger partial charge in [0.1, 0.15) is 17.5 Å². The monoisotopic (exact) mass is 450 g/mol. The molecule has 0 saturated carbocycles. The molecule has 9 nitrogen and oxygen atoms in total. The molecule has 5 rings (SSSR count). The van der Waals surface area contributed by atoms with Gasteiger partial charge in [0, 0.05) is 56.9 Å². The topological polar surface area (TPSA) is 113 Å². The van der Waals surface area contributed by atoms with Crippen molar-refractivity contribution in [1.29, 1.82) is 0 Å². The molecule has 0 bridgehead atoms. The van der Waals surface area contributed by atoms with Gasteiger partial charge in [-0.05, 0) is 37.0 Å². The number of piperidine rings is 2. The fourth-order valence-electron chi connectivity index (χ4n) is 5.10. The van der Waals surface area contributed by atoms with Gasteiger partial charge in [0.05, 0.1) is 0 Å². The molecule has 172 valence electrons. The van der Waals surface area contributed by atoms with E-state index in [1.54, 1.807) is 17.9 Å². The normalized spacial score (nSPS) is 21.4. The molecule has 2 fully saturated rings. The molecule has 4 amide bonds. The largest absolute Gasteiger partial charge is 0.445 e. The number of imide groups is 1. The molecule has 33 heavy (non-hydrogen) atoms. The highest BCUT2D eigenvalue weighted by Gasteiger charge is 2.39. The van der Waals surface area contributed by atoms with E-state index in [0.717, 1.165) is 35.4 Å². The van der Waals surface area contributed by atoms with Crippen LogP contribution in [-0.2, 0) is 20.9 Å². The van der Waals surface area contributed by atoms with Gasteiger partial charge in [0.25, 0.3) is 5.91 Å². The number of nitrogens with zero attached hydrogens (tertiary/aromatic N) is 3. The summed E-state index contributed by atoms with van der Waals surface area (Å²) in [6.07, 6.45) is 2.19. The maximum absolute atomic E-state index is 13.0. The van der Waals surface area contributed by atoms with Gasteiger partial charge < -0.3 is 14.2 Å². The summed E-state index contributed by atoms with van der Waals surface area (Å²) in [6, 6.07) is 4.97. The summed E-state index contributed by atoms with van der Waals surface area (Å²) in [5, 5.41) is 2.33. The lowest BCUT2D eigenvalue weighted by atomic mass is 9.91. The number of aryl methyl sites for hydroxylation is 1. The SMILES string of the molecule is CC(=O)N1CCC(c2oc(C)nc2-c2ccc3c(c2)CN(C2CCC(=O)NC2=O)C3=O)CC1. The average Bonchev–Trinajstić information content (AvgIpc) is 3.33. The summed E-state index contributed by atoms with van der Waals surface area (Å²) in [6.45, 7) is 5.11. The third-order valence-corrected chi connectivity index (χ3v) is 6.87. The maximum Gasteiger partial charge on any atom is 0.255 e. The second kappa shape index (κ2) is 8.13. The minimum atomic E-state index is -0.637. The van der Waals surface area contributed by atoms with E-state index in [-0.39, 0.29) is 30.1 Å². The minimum absolute atomic E-state index is 0.0891. The van der Waals surface area contributed by atoms with Gasteiger partial charge in [-0.3, -0.25) is 24.5 Å². The Balaban J connectivity index is 1.40. The van der Waals surface area contributed by atoms with Crippen molar-refractivity contribution in [2.75, 3.05) is 13.1 Å². The van der Waals surface area contributed by atoms with E-state index in [4.69, 9.17) is 4.42 Å². The van der Waals surface area contributed by atoms with Crippen LogP contribution in [0.3, 0.4) is 0 Å². The minimum Gasteiger partial charge on any atom is -0.445 e. The summed E-state index contributed by atoms with van der Waals surface area (Å²) in [5.74, 6) is 0.750. The second-order valence-corrected chi connectivity index (χ2v) is 9.00. The average molecular weight is 450 g/mol. The number of aromatic nitrogens is 1. The Hall–Kier alpha value is -3.49. The van der Waals surface area contributed by atoms with Crippen LogP contribution in [0.5, 0.6) is 0 Å². The Morgan fingerprint density at radius 1 is 1.15 bits per heavy atom. The third-order valence-electron chi connectivity index (χ3n) is 6.87. The highest BCUT2D eigenvalue weighted by molar-refractivity contribution is 6.05. The first-order valence-corrected chi connectivity index (χ1v) is 11.3. The summed E-state index contributed by atoms with van der Waals surface area (Å²) in [7, 11) is 0. The van der Waals surface area contributed by atoms with Crippen LogP contribution < -0.4 is 5.32 Å². The molecule has 0 radical (unpaired) electrons. The van der Waals surface area contributed by atoms with Crippen molar-refractivity contribution in [3.05, 3.63) is 41.0 Å². The van der Waals surface area contributed by atoms with Crippen LogP contribution in [0.1, 0.15) is 66.1 Å². The number of hydrogen-bond donors (Lipinski definition) is 1. The Kier molecular flexibility index (Phi) is 5.26. The van der Waals surface area contributed by atoms with E-state index >= 15 is 0 Å². The molecule has 0 aliphatic carbocycles. The van der Waals surface area contributed by atoms with Crippen molar-refractivity contribution in [1.82, 2.24) is 20.1 Å². The van der Waals surface area contributed by atoms with E-state index in [9.17, 15) is 19.2 Å². The molecule has 1 unspecified atom stereocenters. The van der Waals surface area contributed by atoms with E-state index in [2.05, 4.69) is 10.3 Å². The molecular formula is C24H26N4O5. The van der Waals surface area contributed by atoms with Crippen LogP contribution in [0, 0.1) is 6.92 Å². The Morgan fingerprint density at radius 3 is 2.61 bits per heavy atom. The number of hydrogen-bond acceptors (Lipinski definition) is 6. The predicted molar refractivity (Wildman–Crippen MR) is 117 cm³/mol. The number of amides is 4. The van der Waals surface area contributed by atoms with Crippen molar-refractivity contribution in [3.8, 4) is 11.3 Å². The third kappa shape index (κ3) is 3.81. The Morgan fingerprint density at radius 2 is 1.91 bits per heavy atom. The van der Waals surface area contributed by atoms with Crippen molar-refractivity contribution < 1.29 is 23.6 Å². The summed E-state index contributed by atoms with van der Waals surface area (Å²) < 4.78 is 6.01. The number of nitrogens with one attached hydrogen (secondary N) is 1. The smallest absolute Gasteiger partial charge is 0.255 e. The summed E-state index contributed by atoms with van der Waals surface area (Å²) in [5.41, 5.74) is 3.04. The van der Waals surface area contributed by atoms with Crippen molar-refractivity contribution in [2.24, 2.45) is 0 Å². The number of fused-ring (bicyclic) bond motifs is 1. The molecule has 4 heterocycles. The number of carbonyl (C=O) groups excluding carboxylic acids is 4. The number of carbonyl (C=O) groups is 4. The molecule has 1 atom stereocenters. The number of benzene rings is 1. The van der Waals surface area contributed by atoms with Crippen LogP contribution in [0.15, 0.2) is 22.6 Å². The fraction of sp³-hybridized carbons (Fsp3) is 0.458. The Labute approximate surface area is 191 Å². The van der Waals surface area contributed by atoms with Crippen molar-refractivity contribution >= 4 is 23.6 Å². The van der Waals surface area contributed by atoms with Crippen LogP contribution in [-0.4, -0.2) is 57.5 Å². The molecule has 1 N–H and O–H groups in total. The van der Waals surface area contributed by atoms with Gasteiger partial charge in [-0.15, -0.1) is 0 Å². The molecule has 1 aromatic carbocycles. The first-order chi connectivity index (χ1) is 15.8. The molecule has 2 saturated heterocycles. The second-order valence-electron chi connectivity index (χ2n) is 9.00. The highest BCUT2D eigenvalue weighted by Crippen LogP contribution is 2.38. The zero-order chi connectivity index (χ0) is 23.3. The van der Waals surface area contributed by atoms with Crippen LogP contribution in [0.4, 0.5) is 0 Å². The lowest BCUT2D eigenvalue weighted by molar-refractivity contribution is -0.137. The first kappa shape index (κ1) is 21.4. The van der Waals surface area contributed by atoms with E-state index in [1.807, 2.05) is 24.0 Å². The summed E-state index contributed by atoms with van der Waals surface area (Å²) >= 11 is 0. The van der Waals surface area contributed by atoms with Gasteiger partial charge in [0.15, 0.2) is 5.89 Å². The highest BCUT2D eigenvalue weighted by atomic mass is 16.4. The quantitative estimate of drug-likeness (QED) is 0.717. The predicted octanol–water partition coefficient (Wildman–Crippen LogP) is 2.14. The molecule has 1 aromatic heterocycles. The zero-order valence-corrected chi connectivity index (χ0v) is 18.7. The molecule has 2 aromatic rings. The zero-order valence-electron chi connectivity index (χ0n) is 18.7.